The summed E-state index contributed by atoms with van der Waals surface area (Å²) in [6, 6.07) is 11.0. The van der Waals surface area contributed by atoms with Crippen LogP contribution in [0.4, 0.5) is 24.7 Å². The first-order valence-electron chi connectivity index (χ1n) is 14.3. The number of amides is 3. The molecule has 0 spiro atoms. The lowest BCUT2D eigenvalue weighted by Gasteiger charge is -2.37. The quantitative estimate of drug-likeness (QED) is 0.375. The van der Waals surface area contributed by atoms with Gasteiger partial charge in [0.15, 0.2) is 0 Å². The van der Waals surface area contributed by atoms with Crippen molar-refractivity contribution in [2.75, 3.05) is 9.80 Å². The zero-order chi connectivity index (χ0) is 32.5. The minimum Gasteiger partial charge on any atom is -0.383 e. The molecule has 13 heteroatoms. The molecule has 0 unspecified atom stereocenters. The molecular weight excluding hydrogens is 611 g/mol. The van der Waals surface area contributed by atoms with Gasteiger partial charge in [-0.1, -0.05) is 29.8 Å². The molecule has 2 heterocycles. The fourth-order valence-electron chi connectivity index (χ4n) is 5.81. The Morgan fingerprint density at radius 2 is 1.89 bits per heavy atom. The molecule has 2 aromatic carbocycles. The predicted octanol–water partition coefficient (Wildman–Crippen LogP) is 4.99. The maximum absolute atomic E-state index is 14.9. The molecule has 3 aromatic rings. The van der Waals surface area contributed by atoms with Crippen molar-refractivity contribution in [2.24, 2.45) is 0 Å². The van der Waals surface area contributed by atoms with E-state index in [0.29, 0.717) is 5.56 Å². The van der Waals surface area contributed by atoms with E-state index in [4.69, 9.17) is 11.6 Å². The molecule has 2 fully saturated rings. The summed E-state index contributed by atoms with van der Waals surface area (Å²) in [5, 5.41) is 22.9. The molecule has 1 aromatic heterocycles. The summed E-state index contributed by atoms with van der Waals surface area (Å²) in [7, 11) is 0. The number of aliphatic hydroxyl groups excluding tert-OH is 1. The molecule has 0 bridgehead atoms. The highest BCUT2D eigenvalue weighted by Gasteiger charge is 2.48. The van der Waals surface area contributed by atoms with E-state index in [1.165, 1.54) is 42.6 Å². The van der Waals surface area contributed by atoms with Gasteiger partial charge >= 0.3 is 0 Å². The van der Waals surface area contributed by atoms with Gasteiger partial charge in [-0.25, -0.2) is 18.2 Å². The average Bonchev–Trinajstić information content (AvgIpc) is 3.30. The molecule has 2 N–H and O–H groups in total. The largest absolute Gasteiger partial charge is 0.383 e. The number of aromatic nitrogens is 1. The highest BCUT2D eigenvalue weighted by atomic mass is 35.5. The van der Waals surface area contributed by atoms with Gasteiger partial charge in [0.2, 0.25) is 11.8 Å². The van der Waals surface area contributed by atoms with E-state index >= 15 is 0 Å². The van der Waals surface area contributed by atoms with E-state index in [9.17, 15) is 37.9 Å². The van der Waals surface area contributed by atoms with Gasteiger partial charge in [0.1, 0.15) is 29.8 Å². The van der Waals surface area contributed by atoms with Crippen LogP contribution in [-0.4, -0.2) is 51.9 Å². The van der Waals surface area contributed by atoms with Gasteiger partial charge < -0.3 is 10.4 Å². The number of nitriles is 1. The van der Waals surface area contributed by atoms with Gasteiger partial charge in [0, 0.05) is 47.8 Å². The third-order valence-electron chi connectivity index (χ3n) is 8.00. The van der Waals surface area contributed by atoms with Crippen LogP contribution in [0.5, 0.6) is 0 Å². The summed E-state index contributed by atoms with van der Waals surface area (Å²) in [5.41, 5.74) is 0.678. The molecule has 3 atom stereocenters. The number of halogens is 4. The molecule has 5 rings (SSSR count). The van der Waals surface area contributed by atoms with Gasteiger partial charge in [-0.15, -0.1) is 0 Å². The van der Waals surface area contributed by atoms with E-state index < -0.39 is 73.0 Å². The number of carbonyl (C=O) groups excluding carboxylic acids is 3. The molecule has 2 aliphatic rings. The maximum atomic E-state index is 14.9. The van der Waals surface area contributed by atoms with Crippen molar-refractivity contribution in [3.63, 3.8) is 0 Å². The molecule has 9 nitrogen and oxygen atoms in total. The Hall–Kier alpha value is -4.47. The van der Waals surface area contributed by atoms with Crippen molar-refractivity contribution in [3.8, 4) is 6.07 Å². The number of aryl methyl sites for hydroxylation is 1. The Balaban J connectivity index is 1.63. The van der Waals surface area contributed by atoms with Crippen LogP contribution in [0.1, 0.15) is 54.8 Å². The number of carbonyl (C=O) groups is 3. The lowest BCUT2D eigenvalue weighted by Crippen LogP contribution is -2.53. The van der Waals surface area contributed by atoms with E-state index in [2.05, 4.69) is 10.3 Å². The smallest absolute Gasteiger partial charge is 0.257 e. The monoisotopic (exact) mass is 639 g/mol. The number of nitrogens with one attached hydrogen (secondary N) is 1. The lowest BCUT2D eigenvalue weighted by atomic mass is 9.91. The SMILES string of the molecule is Cc1cc(F)cc(N(C(=O)[C@@H]2C[C@@H](O)C(=O)N2c2cc(C#N)ccn2)[C@H](C(=O)NC2CCC(F)(F)CC2)c2ccccc2Cl)c1. The second kappa shape index (κ2) is 12.9. The maximum Gasteiger partial charge on any atom is 0.257 e. The van der Waals surface area contributed by atoms with Crippen molar-refractivity contribution in [3.05, 3.63) is 88.3 Å². The Morgan fingerprint density at radius 1 is 1.18 bits per heavy atom. The van der Waals surface area contributed by atoms with Crippen LogP contribution in [0.3, 0.4) is 0 Å². The second-order valence-corrected chi connectivity index (χ2v) is 11.7. The topological polar surface area (TPSA) is 127 Å². The third-order valence-corrected chi connectivity index (χ3v) is 8.34. The molecule has 0 radical (unpaired) electrons. The fourth-order valence-corrected chi connectivity index (χ4v) is 6.05. The molecular formula is C32H29ClF3N5O4. The van der Waals surface area contributed by atoms with Crippen LogP contribution in [0.25, 0.3) is 0 Å². The first kappa shape index (κ1) is 31.9. The molecule has 1 saturated heterocycles. The van der Waals surface area contributed by atoms with E-state index in [1.807, 2.05) is 6.07 Å². The summed E-state index contributed by atoms with van der Waals surface area (Å²) < 4.78 is 42.7. The zero-order valence-electron chi connectivity index (χ0n) is 24.1. The Morgan fingerprint density at radius 3 is 2.56 bits per heavy atom. The number of aliphatic hydroxyl groups is 1. The Kier molecular flexibility index (Phi) is 9.13. The first-order valence-corrected chi connectivity index (χ1v) is 14.7. The van der Waals surface area contributed by atoms with Crippen molar-refractivity contribution in [1.82, 2.24) is 10.3 Å². The Labute approximate surface area is 262 Å². The predicted molar refractivity (Wildman–Crippen MR) is 159 cm³/mol. The first-order chi connectivity index (χ1) is 21.4. The molecule has 3 amide bonds. The summed E-state index contributed by atoms with van der Waals surface area (Å²) in [6.45, 7) is 1.59. The molecule has 1 aliphatic heterocycles. The van der Waals surface area contributed by atoms with Gasteiger partial charge in [0.25, 0.3) is 11.8 Å². The number of nitrogens with zero attached hydrogens (tertiary/aromatic N) is 4. The number of anilines is 2. The second-order valence-electron chi connectivity index (χ2n) is 11.2. The van der Waals surface area contributed by atoms with E-state index in [0.717, 1.165) is 15.9 Å². The lowest BCUT2D eigenvalue weighted by molar-refractivity contribution is -0.128. The van der Waals surface area contributed by atoms with Crippen molar-refractivity contribution >= 4 is 40.8 Å². The van der Waals surface area contributed by atoms with Gasteiger partial charge in [-0.3, -0.25) is 24.2 Å². The number of rotatable bonds is 7. The van der Waals surface area contributed by atoms with Gasteiger partial charge in [-0.2, -0.15) is 5.26 Å². The number of alkyl halides is 2. The summed E-state index contributed by atoms with van der Waals surface area (Å²) in [4.78, 5) is 48.2. The number of benzene rings is 2. The summed E-state index contributed by atoms with van der Waals surface area (Å²) >= 11 is 6.57. The normalized spacial score (nSPS) is 20.4. The molecule has 45 heavy (non-hydrogen) atoms. The van der Waals surface area contributed by atoms with Crippen LogP contribution >= 0.6 is 11.6 Å². The van der Waals surface area contributed by atoms with Crippen molar-refractivity contribution in [2.45, 2.75) is 69.2 Å². The van der Waals surface area contributed by atoms with Crippen LogP contribution in [-0.2, 0) is 14.4 Å². The Bertz CT molecular complexity index is 1650. The number of hydrogen-bond donors (Lipinski definition) is 2. The molecule has 1 saturated carbocycles. The van der Waals surface area contributed by atoms with Gasteiger partial charge in [-0.05, 0) is 61.7 Å². The summed E-state index contributed by atoms with van der Waals surface area (Å²) in [5.74, 6) is -6.11. The minimum absolute atomic E-state index is 0.000991. The van der Waals surface area contributed by atoms with E-state index in [1.54, 1.807) is 19.1 Å². The van der Waals surface area contributed by atoms with Crippen LogP contribution in [0.2, 0.25) is 5.02 Å². The fraction of sp³-hybridized carbons (Fsp3) is 0.344. The summed E-state index contributed by atoms with van der Waals surface area (Å²) in [6.07, 6.45) is -1.58. The average molecular weight is 640 g/mol. The highest BCUT2D eigenvalue weighted by molar-refractivity contribution is 6.31. The molecule has 1 aliphatic carbocycles. The van der Waals surface area contributed by atoms with Gasteiger partial charge in [0.05, 0.1) is 11.6 Å². The van der Waals surface area contributed by atoms with Crippen molar-refractivity contribution in [1.29, 1.82) is 5.26 Å². The third kappa shape index (κ3) is 6.79. The molecule has 234 valence electrons. The van der Waals surface area contributed by atoms with Crippen molar-refractivity contribution < 1.29 is 32.7 Å². The number of pyridine rings is 1. The highest BCUT2D eigenvalue weighted by Crippen LogP contribution is 2.38. The zero-order valence-corrected chi connectivity index (χ0v) is 24.8. The standard InChI is InChI=1S/C32H29ClF3N5O4/c1-18-12-20(34)15-22(13-18)40(30(44)25-16-26(42)31(45)41(25)27-14-19(17-37)8-11-38-27)28(23-4-2-3-5-24(23)33)29(43)39-21-6-9-32(35,36)10-7-21/h2-5,8,11-15,21,25-26,28,42H,6-7,9-10,16H2,1H3,(H,39,43)/t25-,26+,28-/m0/s1. The van der Waals surface area contributed by atoms with Crippen LogP contribution in [0, 0.1) is 24.1 Å². The number of hydrogen-bond acceptors (Lipinski definition) is 6. The minimum atomic E-state index is -2.85. The van der Waals surface area contributed by atoms with Crippen LogP contribution < -0.4 is 15.1 Å². The van der Waals surface area contributed by atoms with Crippen LogP contribution in [0.15, 0.2) is 60.8 Å². The van der Waals surface area contributed by atoms with E-state index in [-0.39, 0.29) is 40.5 Å².